The standard InChI is InChI=1S/C6H4F4N2/c7-4-1-3(6(8,9)10)2-5(11)12-4/h1-2H,(H2,11,12). The Balaban J connectivity index is 3.18. The molecule has 1 rings (SSSR count). The van der Waals surface area contributed by atoms with Crippen molar-refractivity contribution in [2.45, 2.75) is 6.18 Å². The number of pyridine rings is 1. The maximum atomic E-state index is 12.3. The highest BCUT2D eigenvalue weighted by atomic mass is 19.4. The third kappa shape index (κ3) is 1.84. The summed E-state index contributed by atoms with van der Waals surface area (Å²) in [6, 6.07) is 0.861. The maximum absolute atomic E-state index is 12.3. The highest BCUT2D eigenvalue weighted by Crippen LogP contribution is 2.29. The van der Waals surface area contributed by atoms with Crippen LogP contribution in [0.15, 0.2) is 12.1 Å². The van der Waals surface area contributed by atoms with E-state index in [0.717, 1.165) is 0 Å². The normalized spacial score (nSPS) is 11.7. The second kappa shape index (κ2) is 2.62. The first-order chi connectivity index (χ1) is 5.39. The minimum atomic E-state index is -4.59. The smallest absolute Gasteiger partial charge is 0.384 e. The van der Waals surface area contributed by atoms with Crippen molar-refractivity contribution in [2.75, 3.05) is 5.73 Å². The first kappa shape index (κ1) is 8.76. The van der Waals surface area contributed by atoms with Gasteiger partial charge in [0.15, 0.2) is 0 Å². The lowest BCUT2D eigenvalue weighted by molar-refractivity contribution is -0.137. The molecule has 0 aliphatic carbocycles. The van der Waals surface area contributed by atoms with Crippen LogP contribution in [0.2, 0.25) is 0 Å². The van der Waals surface area contributed by atoms with Crippen LogP contribution in [-0.2, 0) is 6.18 Å². The van der Waals surface area contributed by atoms with Gasteiger partial charge in [-0.25, -0.2) is 4.98 Å². The van der Waals surface area contributed by atoms with Gasteiger partial charge in [0.2, 0.25) is 5.95 Å². The first-order valence-corrected chi connectivity index (χ1v) is 2.90. The molecule has 1 heterocycles. The van der Waals surface area contributed by atoms with E-state index in [1.165, 1.54) is 0 Å². The summed E-state index contributed by atoms with van der Waals surface area (Å²) in [5.41, 5.74) is 3.77. The minimum Gasteiger partial charge on any atom is -0.384 e. The lowest BCUT2D eigenvalue weighted by Gasteiger charge is -2.06. The Hall–Kier alpha value is -1.33. The van der Waals surface area contributed by atoms with Crippen molar-refractivity contribution in [1.29, 1.82) is 0 Å². The molecule has 66 valence electrons. The first-order valence-electron chi connectivity index (χ1n) is 2.90. The Bertz CT molecular complexity index is 274. The number of halogens is 4. The molecular weight excluding hydrogens is 176 g/mol. The summed E-state index contributed by atoms with van der Waals surface area (Å²) in [5.74, 6) is -1.72. The van der Waals surface area contributed by atoms with E-state index in [0.29, 0.717) is 6.07 Å². The molecule has 12 heavy (non-hydrogen) atoms. The van der Waals surface area contributed by atoms with Crippen LogP contribution in [0.25, 0.3) is 0 Å². The fourth-order valence-electron chi connectivity index (χ4n) is 0.681. The third-order valence-electron chi connectivity index (χ3n) is 1.14. The molecule has 2 nitrogen and oxygen atoms in total. The average Bonchev–Trinajstić information content (AvgIpc) is 1.82. The summed E-state index contributed by atoms with van der Waals surface area (Å²) < 4.78 is 48.0. The van der Waals surface area contributed by atoms with Crippen molar-refractivity contribution in [3.05, 3.63) is 23.6 Å². The number of anilines is 1. The van der Waals surface area contributed by atoms with Crippen molar-refractivity contribution in [3.8, 4) is 0 Å². The number of hydrogen-bond acceptors (Lipinski definition) is 2. The molecule has 1 aromatic rings. The van der Waals surface area contributed by atoms with Gasteiger partial charge in [0, 0.05) is 6.07 Å². The van der Waals surface area contributed by atoms with Gasteiger partial charge in [0.1, 0.15) is 5.82 Å². The van der Waals surface area contributed by atoms with Crippen LogP contribution >= 0.6 is 0 Å². The molecule has 0 atom stereocenters. The highest BCUT2D eigenvalue weighted by molar-refractivity contribution is 5.33. The predicted octanol–water partition coefficient (Wildman–Crippen LogP) is 1.82. The summed E-state index contributed by atoms with van der Waals surface area (Å²) in [6.45, 7) is 0. The monoisotopic (exact) mass is 180 g/mol. The lowest BCUT2D eigenvalue weighted by atomic mass is 10.2. The fourth-order valence-corrected chi connectivity index (χ4v) is 0.681. The summed E-state index contributed by atoms with van der Waals surface area (Å²) in [4.78, 5) is 2.96. The summed E-state index contributed by atoms with van der Waals surface area (Å²) >= 11 is 0. The van der Waals surface area contributed by atoms with Crippen LogP contribution in [0.1, 0.15) is 5.56 Å². The van der Waals surface area contributed by atoms with Gasteiger partial charge >= 0.3 is 6.18 Å². The Morgan fingerprint density at radius 3 is 2.25 bits per heavy atom. The molecule has 0 bridgehead atoms. The molecule has 0 saturated heterocycles. The average molecular weight is 180 g/mol. The number of hydrogen-bond donors (Lipinski definition) is 1. The van der Waals surface area contributed by atoms with E-state index in [9.17, 15) is 17.6 Å². The van der Waals surface area contributed by atoms with E-state index in [4.69, 9.17) is 5.73 Å². The SMILES string of the molecule is Nc1cc(C(F)(F)F)cc(F)n1. The van der Waals surface area contributed by atoms with Gasteiger partial charge in [-0.05, 0) is 6.07 Å². The third-order valence-corrected chi connectivity index (χ3v) is 1.14. The molecular formula is C6H4F4N2. The lowest BCUT2D eigenvalue weighted by Crippen LogP contribution is -2.07. The number of aromatic nitrogens is 1. The van der Waals surface area contributed by atoms with E-state index < -0.39 is 23.5 Å². The van der Waals surface area contributed by atoms with Crippen LogP contribution in [0.4, 0.5) is 23.4 Å². The number of rotatable bonds is 0. The molecule has 6 heteroatoms. The second-order valence-corrected chi connectivity index (χ2v) is 2.10. The summed E-state index contributed by atoms with van der Waals surface area (Å²) in [6.07, 6.45) is -4.59. The molecule has 0 spiro atoms. The molecule has 0 aliphatic heterocycles. The van der Waals surface area contributed by atoms with Gasteiger partial charge in [0.25, 0.3) is 0 Å². The molecule has 0 saturated carbocycles. The second-order valence-electron chi connectivity index (χ2n) is 2.10. The summed E-state index contributed by atoms with van der Waals surface area (Å²) in [7, 11) is 0. The molecule has 0 amide bonds. The molecule has 0 fully saturated rings. The molecule has 0 radical (unpaired) electrons. The zero-order valence-electron chi connectivity index (χ0n) is 5.69. The van der Waals surface area contributed by atoms with Crippen molar-refractivity contribution < 1.29 is 17.6 Å². The van der Waals surface area contributed by atoms with E-state index in [1.807, 2.05) is 0 Å². The van der Waals surface area contributed by atoms with Gasteiger partial charge in [0.05, 0.1) is 5.56 Å². The van der Waals surface area contributed by atoms with Gasteiger partial charge in [-0.2, -0.15) is 17.6 Å². The fraction of sp³-hybridized carbons (Fsp3) is 0.167. The van der Waals surface area contributed by atoms with E-state index in [2.05, 4.69) is 4.98 Å². The van der Waals surface area contributed by atoms with Crippen LogP contribution in [0.3, 0.4) is 0 Å². The maximum Gasteiger partial charge on any atom is 0.416 e. The Morgan fingerprint density at radius 2 is 1.83 bits per heavy atom. The Labute approximate surface area is 65.0 Å². The van der Waals surface area contributed by atoms with Crippen LogP contribution in [-0.4, -0.2) is 4.98 Å². The molecule has 0 aliphatic rings. The molecule has 0 aromatic carbocycles. The van der Waals surface area contributed by atoms with Crippen molar-refractivity contribution >= 4 is 5.82 Å². The van der Waals surface area contributed by atoms with Gasteiger partial charge in [-0.15, -0.1) is 0 Å². The van der Waals surface area contributed by atoms with Crippen LogP contribution < -0.4 is 5.73 Å². The zero-order chi connectivity index (χ0) is 9.35. The van der Waals surface area contributed by atoms with E-state index in [-0.39, 0.29) is 6.07 Å². The van der Waals surface area contributed by atoms with Crippen molar-refractivity contribution in [1.82, 2.24) is 4.98 Å². The van der Waals surface area contributed by atoms with Crippen molar-refractivity contribution in [2.24, 2.45) is 0 Å². The Kier molecular flexibility index (Phi) is 1.91. The quantitative estimate of drug-likeness (QED) is 0.488. The van der Waals surface area contributed by atoms with E-state index >= 15 is 0 Å². The topological polar surface area (TPSA) is 38.9 Å². The zero-order valence-corrected chi connectivity index (χ0v) is 5.69. The summed E-state index contributed by atoms with van der Waals surface area (Å²) in [5, 5.41) is 0. The van der Waals surface area contributed by atoms with Crippen LogP contribution in [0.5, 0.6) is 0 Å². The molecule has 1 aromatic heterocycles. The number of alkyl halides is 3. The highest BCUT2D eigenvalue weighted by Gasteiger charge is 2.31. The van der Waals surface area contributed by atoms with Gasteiger partial charge < -0.3 is 5.73 Å². The number of nitrogens with two attached hydrogens (primary N) is 1. The predicted molar refractivity (Wildman–Crippen MR) is 33.6 cm³/mol. The van der Waals surface area contributed by atoms with Gasteiger partial charge in [-0.3, -0.25) is 0 Å². The van der Waals surface area contributed by atoms with Gasteiger partial charge in [-0.1, -0.05) is 0 Å². The molecule has 0 unspecified atom stereocenters. The molecule has 2 N–H and O–H groups in total. The number of nitrogens with zero attached hydrogens (tertiary/aromatic N) is 1. The van der Waals surface area contributed by atoms with Crippen LogP contribution in [0, 0.1) is 5.95 Å². The Morgan fingerprint density at radius 1 is 1.25 bits per heavy atom. The van der Waals surface area contributed by atoms with Crippen molar-refractivity contribution in [3.63, 3.8) is 0 Å². The minimum absolute atomic E-state index is 0.288. The van der Waals surface area contributed by atoms with E-state index in [1.54, 1.807) is 0 Å². The largest absolute Gasteiger partial charge is 0.416 e. The number of nitrogen functional groups attached to an aromatic ring is 1.